The van der Waals surface area contributed by atoms with E-state index in [1.807, 2.05) is 26.0 Å². The van der Waals surface area contributed by atoms with Gasteiger partial charge >= 0.3 is 0 Å². The molecule has 0 bridgehead atoms. The topological polar surface area (TPSA) is 3.24 Å². The Labute approximate surface area is 74.7 Å². The summed E-state index contributed by atoms with van der Waals surface area (Å²) in [5, 5.41) is 0. The minimum atomic E-state index is 0. The molecule has 0 aromatic heterocycles. The number of hydrogen-bond acceptors (Lipinski definition) is 1. The first-order valence-corrected chi connectivity index (χ1v) is 2.90. The molecule has 0 N–H and O–H groups in total. The third kappa shape index (κ3) is 850. The Bertz CT molecular complexity index is 24.4. The smallest absolute Gasteiger partial charge is 0 e. The van der Waals surface area contributed by atoms with Crippen LogP contribution in [-0.4, -0.2) is 26.0 Å². The quantitative estimate of drug-likeness (QED) is 0.388. The van der Waals surface area contributed by atoms with Crippen LogP contribution in [0.25, 0.3) is 0 Å². The second kappa shape index (κ2) is 11.5. The van der Waals surface area contributed by atoms with E-state index >= 15 is 0 Å². The van der Waals surface area contributed by atoms with Crippen LogP contribution in [0.4, 0.5) is 0 Å². The summed E-state index contributed by atoms with van der Waals surface area (Å²) < 4.78 is 0. The van der Waals surface area contributed by atoms with E-state index in [2.05, 4.69) is 20.8 Å². The van der Waals surface area contributed by atoms with Crippen LogP contribution >= 0.6 is 0 Å². The van der Waals surface area contributed by atoms with E-state index in [1.165, 1.54) is 0 Å². The molecule has 9 heavy (non-hydrogen) atoms. The standard InChI is InChI=1S/C4H9.C3H9N.Ti/c2*1-4(2)3;/h4H,1H2,2-3H3;1-3H3;/q-1;;. The predicted molar refractivity (Wildman–Crippen MR) is 39.8 cm³/mol. The van der Waals surface area contributed by atoms with Crippen LogP contribution in [0.15, 0.2) is 0 Å². The number of rotatable bonds is 0. The first-order chi connectivity index (χ1) is 3.46. The first-order valence-electron chi connectivity index (χ1n) is 2.90. The van der Waals surface area contributed by atoms with Gasteiger partial charge < -0.3 is 11.8 Å². The molecule has 0 unspecified atom stereocenters. The van der Waals surface area contributed by atoms with E-state index in [-0.39, 0.29) is 21.7 Å². The fourth-order valence-corrected chi connectivity index (χ4v) is 0. The van der Waals surface area contributed by atoms with E-state index in [0.29, 0.717) is 5.92 Å². The van der Waals surface area contributed by atoms with Gasteiger partial charge in [-0.15, -0.1) is 0 Å². The molecule has 0 spiro atoms. The fourth-order valence-electron chi connectivity index (χ4n) is 0. The molecule has 0 aliphatic carbocycles. The molecule has 0 aromatic carbocycles. The molecule has 0 aromatic rings. The third-order valence-electron chi connectivity index (χ3n) is 0. The summed E-state index contributed by atoms with van der Waals surface area (Å²) in [5.41, 5.74) is 0. The van der Waals surface area contributed by atoms with Crippen molar-refractivity contribution < 1.29 is 21.7 Å². The van der Waals surface area contributed by atoms with Crippen LogP contribution in [0.3, 0.4) is 0 Å². The molecule has 0 rings (SSSR count). The Morgan fingerprint density at radius 3 is 1.11 bits per heavy atom. The van der Waals surface area contributed by atoms with E-state index in [4.69, 9.17) is 0 Å². The van der Waals surface area contributed by atoms with Crippen molar-refractivity contribution in [1.29, 1.82) is 0 Å². The molecule has 0 aliphatic heterocycles. The maximum Gasteiger partial charge on any atom is 0 e. The molecule has 0 heterocycles. The Balaban J connectivity index is -0.0000000720. The molecule has 1 nitrogen and oxygen atoms in total. The van der Waals surface area contributed by atoms with Crippen molar-refractivity contribution >= 4 is 0 Å². The van der Waals surface area contributed by atoms with E-state index in [9.17, 15) is 0 Å². The molecule has 0 fully saturated rings. The van der Waals surface area contributed by atoms with Crippen LogP contribution in [0, 0.1) is 12.8 Å². The minimum absolute atomic E-state index is 0. The summed E-state index contributed by atoms with van der Waals surface area (Å²) >= 11 is 0. The van der Waals surface area contributed by atoms with Gasteiger partial charge in [0.2, 0.25) is 0 Å². The van der Waals surface area contributed by atoms with Gasteiger partial charge in [-0.2, -0.15) is 5.92 Å². The van der Waals surface area contributed by atoms with Crippen molar-refractivity contribution in [3.05, 3.63) is 6.92 Å². The van der Waals surface area contributed by atoms with Crippen molar-refractivity contribution in [2.45, 2.75) is 13.8 Å². The zero-order chi connectivity index (χ0) is 7.15. The summed E-state index contributed by atoms with van der Waals surface area (Å²) in [6.45, 7) is 7.75. The molecule has 56 valence electrons. The summed E-state index contributed by atoms with van der Waals surface area (Å²) in [4.78, 5) is 2.00. The number of nitrogens with zero attached hydrogens (tertiary/aromatic N) is 1. The normalized spacial score (nSPS) is 8.00. The average molecular weight is 164 g/mol. The Kier molecular flexibility index (Phi) is 20.8. The van der Waals surface area contributed by atoms with Gasteiger partial charge in [0.25, 0.3) is 0 Å². The largest absolute Gasteiger partial charge is 0.341 e. The van der Waals surface area contributed by atoms with Gasteiger partial charge in [-0.3, -0.25) is 0 Å². The third-order valence-corrected chi connectivity index (χ3v) is 0. The summed E-state index contributed by atoms with van der Waals surface area (Å²) in [7, 11) is 6.00. The summed E-state index contributed by atoms with van der Waals surface area (Å²) in [5.74, 6) is 0.583. The SMILES string of the molecule is CN(C)C.[CH2-]C(C)C.[Ti]. The maximum atomic E-state index is 3.64. The van der Waals surface area contributed by atoms with Gasteiger partial charge in [0.1, 0.15) is 0 Å². The Morgan fingerprint density at radius 1 is 1.11 bits per heavy atom. The van der Waals surface area contributed by atoms with Gasteiger partial charge in [-0.25, -0.2) is 0 Å². The van der Waals surface area contributed by atoms with Crippen LogP contribution < -0.4 is 0 Å². The molecule has 2 heteroatoms. The van der Waals surface area contributed by atoms with Crippen molar-refractivity contribution in [1.82, 2.24) is 4.90 Å². The summed E-state index contributed by atoms with van der Waals surface area (Å²) in [6, 6.07) is 0. The Morgan fingerprint density at radius 2 is 1.11 bits per heavy atom. The molecule has 0 amide bonds. The Hall–Kier alpha value is 0.674. The molecule has 0 saturated heterocycles. The van der Waals surface area contributed by atoms with Gasteiger partial charge in [-0.1, -0.05) is 13.8 Å². The van der Waals surface area contributed by atoms with Crippen LogP contribution in [0.5, 0.6) is 0 Å². The average Bonchev–Trinajstić information content (AvgIpc) is 1.25. The molecular weight excluding hydrogens is 146 g/mol. The van der Waals surface area contributed by atoms with Gasteiger partial charge in [0, 0.05) is 21.7 Å². The second-order valence-corrected chi connectivity index (χ2v) is 2.74. The minimum Gasteiger partial charge on any atom is -0.341 e. The predicted octanol–water partition coefficient (Wildman–Crippen LogP) is 1.65. The van der Waals surface area contributed by atoms with Crippen molar-refractivity contribution in [3.63, 3.8) is 0 Å². The zero-order valence-corrected chi connectivity index (χ0v) is 8.79. The van der Waals surface area contributed by atoms with Gasteiger partial charge in [0.15, 0.2) is 0 Å². The molecular formula is C7H18NTi-. The maximum absolute atomic E-state index is 3.64. The van der Waals surface area contributed by atoms with E-state index < -0.39 is 0 Å². The summed E-state index contributed by atoms with van der Waals surface area (Å²) in [6.07, 6.45) is 0. The van der Waals surface area contributed by atoms with Gasteiger partial charge in [0.05, 0.1) is 0 Å². The number of hydrogen-bond donors (Lipinski definition) is 0. The second-order valence-electron chi connectivity index (χ2n) is 2.74. The zero-order valence-electron chi connectivity index (χ0n) is 7.23. The van der Waals surface area contributed by atoms with E-state index in [1.54, 1.807) is 0 Å². The first kappa shape index (κ1) is 16.3. The monoisotopic (exact) mass is 164 g/mol. The van der Waals surface area contributed by atoms with E-state index in [0.717, 1.165) is 0 Å². The van der Waals surface area contributed by atoms with Crippen molar-refractivity contribution in [3.8, 4) is 0 Å². The molecule has 0 aliphatic rings. The van der Waals surface area contributed by atoms with Crippen molar-refractivity contribution in [2.24, 2.45) is 5.92 Å². The fraction of sp³-hybridized carbons (Fsp3) is 0.857. The van der Waals surface area contributed by atoms with Crippen LogP contribution in [0.1, 0.15) is 13.8 Å². The van der Waals surface area contributed by atoms with Gasteiger partial charge in [-0.05, 0) is 21.1 Å². The van der Waals surface area contributed by atoms with Crippen LogP contribution in [-0.2, 0) is 21.7 Å². The van der Waals surface area contributed by atoms with Crippen molar-refractivity contribution in [2.75, 3.05) is 21.1 Å². The molecule has 0 saturated carbocycles. The molecule has 0 atom stereocenters. The molecule has 0 radical (unpaired) electrons. The van der Waals surface area contributed by atoms with Crippen LogP contribution in [0.2, 0.25) is 0 Å².